The lowest BCUT2D eigenvalue weighted by atomic mass is 9.80. The molecule has 0 saturated carbocycles. The fourth-order valence-electron chi connectivity index (χ4n) is 2.45. The van der Waals surface area contributed by atoms with Crippen molar-refractivity contribution in [1.82, 2.24) is 0 Å². The average molecular weight is 228 g/mol. The third-order valence-corrected chi connectivity index (χ3v) is 3.77. The molecule has 1 aromatic rings. The Labute approximate surface area is 104 Å². The van der Waals surface area contributed by atoms with Crippen LogP contribution in [0.4, 0.5) is 5.69 Å². The molecule has 1 aliphatic heterocycles. The van der Waals surface area contributed by atoms with E-state index < -0.39 is 0 Å². The molecule has 0 aromatic heterocycles. The van der Waals surface area contributed by atoms with Gasteiger partial charge in [-0.15, -0.1) is 0 Å². The highest BCUT2D eigenvalue weighted by Crippen LogP contribution is 2.35. The molecule has 0 bridgehead atoms. The minimum Gasteiger partial charge on any atom is -0.371 e. The summed E-state index contributed by atoms with van der Waals surface area (Å²) in [6.07, 6.45) is 1.27. The molecular formula is C15H20N2. The number of hydrogen-bond donors (Lipinski definition) is 0. The van der Waals surface area contributed by atoms with Crippen molar-refractivity contribution in [3.05, 3.63) is 29.8 Å². The number of nitrogens with zero attached hydrogens (tertiary/aromatic N) is 2. The van der Waals surface area contributed by atoms with Crippen molar-refractivity contribution in [2.45, 2.75) is 27.2 Å². The molecule has 2 heteroatoms. The Hall–Kier alpha value is -1.49. The normalized spacial score (nSPS) is 20.4. The Bertz CT molecular complexity index is 420. The minimum atomic E-state index is 0.390. The lowest BCUT2D eigenvalue weighted by Crippen LogP contribution is -2.25. The molecule has 2 rings (SSSR count). The summed E-state index contributed by atoms with van der Waals surface area (Å²) in [4.78, 5) is 2.43. The van der Waals surface area contributed by atoms with Gasteiger partial charge in [-0.2, -0.15) is 5.26 Å². The lowest BCUT2D eigenvalue weighted by molar-refractivity contribution is 0.263. The Morgan fingerprint density at radius 3 is 2.35 bits per heavy atom. The van der Waals surface area contributed by atoms with E-state index in [0.717, 1.165) is 24.6 Å². The van der Waals surface area contributed by atoms with E-state index in [1.54, 1.807) is 0 Å². The molecular weight excluding hydrogens is 208 g/mol. The molecule has 0 radical (unpaired) electrons. The molecule has 0 amide bonds. The summed E-state index contributed by atoms with van der Waals surface area (Å²) in [7, 11) is 0. The van der Waals surface area contributed by atoms with E-state index in [9.17, 15) is 0 Å². The number of nitriles is 1. The monoisotopic (exact) mass is 228 g/mol. The van der Waals surface area contributed by atoms with Crippen LogP contribution in [0.5, 0.6) is 0 Å². The highest BCUT2D eigenvalue weighted by atomic mass is 15.2. The molecule has 1 saturated heterocycles. The summed E-state index contributed by atoms with van der Waals surface area (Å²) >= 11 is 0. The molecule has 1 aromatic carbocycles. The zero-order chi connectivity index (χ0) is 12.5. The SMILES string of the molecule is CC(C)(C)C1CCN(c2ccc(C#N)cc2)C1. The second kappa shape index (κ2) is 4.41. The number of hydrogen-bond acceptors (Lipinski definition) is 2. The summed E-state index contributed by atoms with van der Waals surface area (Å²) in [6, 6.07) is 10.1. The molecule has 17 heavy (non-hydrogen) atoms. The molecule has 1 aliphatic rings. The van der Waals surface area contributed by atoms with Crippen LogP contribution < -0.4 is 4.90 Å². The second-order valence-corrected chi connectivity index (χ2v) is 5.96. The Morgan fingerprint density at radius 1 is 1.24 bits per heavy atom. The van der Waals surface area contributed by atoms with E-state index in [4.69, 9.17) is 5.26 Å². The van der Waals surface area contributed by atoms with Gasteiger partial charge in [-0.3, -0.25) is 0 Å². The van der Waals surface area contributed by atoms with Gasteiger partial charge in [0.15, 0.2) is 0 Å². The molecule has 2 nitrogen and oxygen atoms in total. The van der Waals surface area contributed by atoms with Crippen LogP contribution in [0.15, 0.2) is 24.3 Å². The van der Waals surface area contributed by atoms with E-state index >= 15 is 0 Å². The van der Waals surface area contributed by atoms with Gasteiger partial charge in [0.25, 0.3) is 0 Å². The summed E-state index contributed by atoms with van der Waals surface area (Å²) in [5, 5.41) is 8.78. The van der Waals surface area contributed by atoms with Crippen molar-refractivity contribution in [2.75, 3.05) is 18.0 Å². The predicted molar refractivity (Wildman–Crippen MR) is 70.9 cm³/mol. The molecule has 1 atom stereocenters. The highest BCUT2D eigenvalue weighted by molar-refractivity contribution is 5.50. The fourth-order valence-corrected chi connectivity index (χ4v) is 2.45. The molecule has 0 aliphatic carbocycles. The van der Waals surface area contributed by atoms with Crippen molar-refractivity contribution < 1.29 is 0 Å². The van der Waals surface area contributed by atoms with Crippen LogP contribution in [0, 0.1) is 22.7 Å². The van der Waals surface area contributed by atoms with Crippen LogP contribution in [0.3, 0.4) is 0 Å². The van der Waals surface area contributed by atoms with Gasteiger partial charge in [0.1, 0.15) is 0 Å². The van der Waals surface area contributed by atoms with Crippen LogP contribution in [0.25, 0.3) is 0 Å². The van der Waals surface area contributed by atoms with Crippen LogP contribution in [0.2, 0.25) is 0 Å². The standard InChI is InChI=1S/C15H20N2/c1-15(2,3)13-8-9-17(11-13)14-6-4-12(10-16)5-7-14/h4-7,13H,8-9,11H2,1-3H3. The van der Waals surface area contributed by atoms with Gasteiger partial charge in [-0.1, -0.05) is 20.8 Å². The Balaban J connectivity index is 2.08. The number of benzene rings is 1. The first kappa shape index (κ1) is 12.0. The third-order valence-electron chi connectivity index (χ3n) is 3.77. The summed E-state index contributed by atoms with van der Waals surface area (Å²) in [6.45, 7) is 9.23. The third kappa shape index (κ3) is 2.61. The smallest absolute Gasteiger partial charge is 0.0991 e. The first-order valence-electron chi connectivity index (χ1n) is 6.26. The molecule has 0 N–H and O–H groups in total. The van der Waals surface area contributed by atoms with Crippen molar-refractivity contribution in [2.24, 2.45) is 11.3 Å². The summed E-state index contributed by atoms with van der Waals surface area (Å²) in [5.74, 6) is 0.762. The van der Waals surface area contributed by atoms with Crippen LogP contribution in [0.1, 0.15) is 32.8 Å². The summed E-state index contributed by atoms with van der Waals surface area (Å²) < 4.78 is 0. The zero-order valence-electron chi connectivity index (χ0n) is 10.9. The molecule has 90 valence electrons. The van der Waals surface area contributed by atoms with Crippen molar-refractivity contribution in [3.8, 4) is 6.07 Å². The van der Waals surface area contributed by atoms with Crippen LogP contribution >= 0.6 is 0 Å². The Morgan fingerprint density at radius 2 is 1.88 bits per heavy atom. The van der Waals surface area contributed by atoms with Gasteiger partial charge < -0.3 is 4.90 Å². The highest BCUT2D eigenvalue weighted by Gasteiger charge is 2.31. The van der Waals surface area contributed by atoms with Gasteiger partial charge in [-0.25, -0.2) is 0 Å². The van der Waals surface area contributed by atoms with Gasteiger partial charge in [0.2, 0.25) is 0 Å². The van der Waals surface area contributed by atoms with Crippen molar-refractivity contribution in [3.63, 3.8) is 0 Å². The molecule has 0 spiro atoms. The number of anilines is 1. The van der Waals surface area contributed by atoms with E-state index in [0.29, 0.717) is 5.41 Å². The van der Waals surface area contributed by atoms with E-state index in [1.165, 1.54) is 12.1 Å². The zero-order valence-corrected chi connectivity index (χ0v) is 10.9. The van der Waals surface area contributed by atoms with Crippen LogP contribution in [-0.2, 0) is 0 Å². The predicted octanol–water partition coefficient (Wildman–Crippen LogP) is 3.43. The fraction of sp³-hybridized carbons (Fsp3) is 0.533. The molecule has 1 fully saturated rings. The van der Waals surface area contributed by atoms with Gasteiger partial charge in [0.05, 0.1) is 11.6 Å². The maximum atomic E-state index is 8.78. The first-order chi connectivity index (χ1) is 8.00. The maximum absolute atomic E-state index is 8.78. The first-order valence-corrected chi connectivity index (χ1v) is 6.26. The van der Waals surface area contributed by atoms with Gasteiger partial charge in [-0.05, 0) is 42.0 Å². The molecule has 1 unspecified atom stereocenters. The van der Waals surface area contributed by atoms with E-state index in [1.807, 2.05) is 12.1 Å². The van der Waals surface area contributed by atoms with Crippen molar-refractivity contribution in [1.29, 1.82) is 5.26 Å². The maximum Gasteiger partial charge on any atom is 0.0991 e. The van der Waals surface area contributed by atoms with Gasteiger partial charge in [0, 0.05) is 18.8 Å². The van der Waals surface area contributed by atoms with Crippen molar-refractivity contribution >= 4 is 5.69 Å². The largest absolute Gasteiger partial charge is 0.371 e. The van der Waals surface area contributed by atoms with E-state index in [-0.39, 0.29) is 0 Å². The topological polar surface area (TPSA) is 27.0 Å². The second-order valence-electron chi connectivity index (χ2n) is 5.96. The van der Waals surface area contributed by atoms with E-state index in [2.05, 4.69) is 43.9 Å². The lowest BCUT2D eigenvalue weighted by Gasteiger charge is -2.27. The Kier molecular flexibility index (Phi) is 3.11. The average Bonchev–Trinajstić information content (AvgIpc) is 2.78. The quantitative estimate of drug-likeness (QED) is 0.736. The van der Waals surface area contributed by atoms with Gasteiger partial charge >= 0.3 is 0 Å². The number of rotatable bonds is 1. The summed E-state index contributed by atoms with van der Waals surface area (Å²) in [5.41, 5.74) is 2.37. The molecule has 1 heterocycles. The van der Waals surface area contributed by atoms with Crippen LogP contribution in [-0.4, -0.2) is 13.1 Å². The minimum absolute atomic E-state index is 0.390.